The maximum absolute atomic E-state index is 13.8. The lowest BCUT2D eigenvalue weighted by Gasteiger charge is -2.39. The quantitative estimate of drug-likeness (QED) is 0.696. The molecule has 0 saturated carbocycles. The molecular weight excluding hydrogens is 319 g/mol. The van der Waals surface area contributed by atoms with Crippen LogP contribution in [0.3, 0.4) is 0 Å². The van der Waals surface area contributed by atoms with Crippen molar-refractivity contribution in [2.45, 2.75) is 38.2 Å². The largest absolute Gasteiger partial charge is 0.385 e. The fourth-order valence-corrected chi connectivity index (χ4v) is 3.49. The molecule has 1 fully saturated rings. The van der Waals surface area contributed by atoms with Crippen molar-refractivity contribution in [2.24, 2.45) is 5.92 Å². The first kappa shape index (κ1) is 18.2. The van der Waals surface area contributed by atoms with E-state index in [0.29, 0.717) is 31.5 Å². The third-order valence-corrected chi connectivity index (χ3v) is 4.66. The number of rotatable bonds is 6. The summed E-state index contributed by atoms with van der Waals surface area (Å²) < 4.78 is 13.8. The first-order valence-corrected chi connectivity index (χ1v) is 8.44. The van der Waals surface area contributed by atoms with Crippen molar-refractivity contribution >= 4 is 17.5 Å². The third-order valence-electron chi connectivity index (χ3n) is 4.44. The van der Waals surface area contributed by atoms with Gasteiger partial charge < -0.3 is 15.7 Å². The molecule has 1 aliphatic rings. The second kappa shape index (κ2) is 8.08. The summed E-state index contributed by atoms with van der Waals surface area (Å²) in [6.45, 7) is 3.57. The first-order chi connectivity index (χ1) is 10.9. The highest BCUT2D eigenvalue weighted by molar-refractivity contribution is 6.30. The van der Waals surface area contributed by atoms with Crippen LogP contribution >= 0.6 is 11.6 Å². The van der Waals surface area contributed by atoms with E-state index in [0.717, 1.165) is 19.4 Å². The highest BCUT2D eigenvalue weighted by Crippen LogP contribution is 2.39. The molecule has 1 aromatic carbocycles. The smallest absolute Gasteiger partial charge is 0.216 e. The lowest BCUT2D eigenvalue weighted by atomic mass is 9.74. The number of hydrogen-bond donors (Lipinski definition) is 3. The van der Waals surface area contributed by atoms with Gasteiger partial charge in [-0.3, -0.25) is 4.79 Å². The Labute approximate surface area is 141 Å². The van der Waals surface area contributed by atoms with Crippen molar-refractivity contribution in [3.8, 4) is 0 Å². The summed E-state index contributed by atoms with van der Waals surface area (Å²) in [6, 6.07) is 4.23. The molecule has 3 N–H and O–H groups in total. The summed E-state index contributed by atoms with van der Waals surface area (Å²) in [7, 11) is 0. The van der Waals surface area contributed by atoms with E-state index in [9.17, 15) is 14.3 Å². The zero-order chi connectivity index (χ0) is 16.9. The van der Waals surface area contributed by atoms with Crippen LogP contribution in [-0.4, -0.2) is 30.6 Å². The lowest BCUT2D eigenvalue weighted by Crippen LogP contribution is -2.44. The molecule has 0 radical (unpaired) electrons. The van der Waals surface area contributed by atoms with Gasteiger partial charge in [-0.1, -0.05) is 11.6 Å². The minimum absolute atomic E-state index is 0.00792. The number of aliphatic hydroxyl groups is 1. The van der Waals surface area contributed by atoms with E-state index >= 15 is 0 Å². The van der Waals surface area contributed by atoms with Gasteiger partial charge in [-0.25, -0.2) is 4.39 Å². The molecule has 1 amide bonds. The van der Waals surface area contributed by atoms with E-state index in [4.69, 9.17) is 11.6 Å². The van der Waals surface area contributed by atoms with E-state index < -0.39 is 11.4 Å². The Morgan fingerprint density at radius 3 is 2.91 bits per heavy atom. The van der Waals surface area contributed by atoms with Crippen molar-refractivity contribution in [1.82, 2.24) is 10.6 Å². The fourth-order valence-electron chi connectivity index (χ4n) is 3.27. The maximum Gasteiger partial charge on any atom is 0.216 e. The van der Waals surface area contributed by atoms with Crippen LogP contribution in [0.1, 0.15) is 38.2 Å². The standard InChI is InChI=1S/C17H24ClFN2O2/c1-12(22)21-7-3-5-17(23,13-4-2-6-20-11-13)14-8-15(18)10-16(19)9-14/h8-10,13,20,23H,2-7,11H2,1H3,(H,21,22)/t13-,17?/m1/s1. The van der Waals surface area contributed by atoms with Gasteiger partial charge in [-0.15, -0.1) is 0 Å². The molecule has 2 rings (SSSR count). The van der Waals surface area contributed by atoms with E-state index in [2.05, 4.69) is 10.6 Å². The SMILES string of the molecule is CC(=O)NCCCC(O)(c1cc(F)cc(Cl)c1)[C@@H]1CCCNC1. The zero-order valence-electron chi connectivity index (χ0n) is 13.4. The van der Waals surface area contributed by atoms with Crippen molar-refractivity contribution in [2.75, 3.05) is 19.6 Å². The van der Waals surface area contributed by atoms with Gasteiger partial charge in [0.25, 0.3) is 0 Å². The van der Waals surface area contributed by atoms with Gasteiger partial charge in [0.1, 0.15) is 5.82 Å². The van der Waals surface area contributed by atoms with Gasteiger partial charge >= 0.3 is 0 Å². The molecule has 2 atom stereocenters. The molecule has 6 heteroatoms. The zero-order valence-corrected chi connectivity index (χ0v) is 14.1. The van der Waals surface area contributed by atoms with Crippen molar-refractivity contribution in [3.63, 3.8) is 0 Å². The molecule has 1 unspecified atom stereocenters. The second-order valence-corrected chi connectivity index (χ2v) is 6.65. The van der Waals surface area contributed by atoms with Crippen LogP contribution in [0, 0.1) is 11.7 Å². The van der Waals surface area contributed by atoms with Crippen LogP contribution in [0.5, 0.6) is 0 Å². The average molecular weight is 343 g/mol. The predicted molar refractivity (Wildman–Crippen MR) is 88.8 cm³/mol. The van der Waals surface area contributed by atoms with E-state index in [1.807, 2.05) is 0 Å². The van der Waals surface area contributed by atoms with Crippen molar-refractivity contribution < 1.29 is 14.3 Å². The summed E-state index contributed by atoms with van der Waals surface area (Å²) >= 11 is 5.97. The Hall–Kier alpha value is -1.17. The van der Waals surface area contributed by atoms with Gasteiger partial charge in [0, 0.05) is 31.0 Å². The summed E-state index contributed by atoms with van der Waals surface area (Å²) in [5.74, 6) is -0.551. The van der Waals surface area contributed by atoms with E-state index in [1.165, 1.54) is 19.1 Å². The normalized spacial score (nSPS) is 20.8. The van der Waals surface area contributed by atoms with Crippen molar-refractivity contribution in [1.29, 1.82) is 0 Å². The monoisotopic (exact) mass is 342 g/mol. The number of piperidine rings is 1. The van der Waals surface area contributed by atoms with E-state index in [-0.39, 0.29) is 16.8 Å². The summed E-state index contributed by atoms with van der Waals surface area (Å²) in [5.41, 5.74) is -0.642. The summed E-state index contributed by atoms with van der Waals surface area (Å²) in [5, 5.41) is 17.6. The van der Waals surface area contributed by atoms with E-state index in [1.54, 1.807) is 6.07 Å². The maximum atomic E-state index is 13.8. The number of benzene rings is 1. The second-order valence-electron chi connectivity index (χ2n) is 6.21. The number of halogens is 2. The van der Waals surface area contributed by atoms with Crippen molar-refractivity contribution in [3.05, 3.63) is 34.6 Å². The molecule has 1 aromatic rings. The Kier molecular flexibility index (Phi) is 6.39. The molecule has 0 aliphatic carbocycles. The highest BCUT2D eigenvalue weighted by Gasteiger charge is 2.39. The summed E-state index contributed by atoms with van der Waals surface area (Å²) in [4.78, 5) is 11.0. The molecule has 4 nitrogen and oxygen atoms in total. The predicted octanol–water partition coefficient (Wildman–Crippen LogP) is 2.58. The molecule has 1 aliphatic heterocycles. The summed E-state index contributed by atoms with van der Waals surface area (Å²) in [6.07, 6.45) is 2.90. The average Bonchev–Trinajstić information content (AvgIpc) is 2.51. The molecule has 23 heavy (non-hydrogen) atoms. The van der Waals surface area contributed by atoms with Crippen LogP contribution in [-0.2, 0) is 10.4 Å². The lowest BCUT2D eigenvalue weighted by molar-refractivity contribution is -0.119. The van der Waals surface area contributed by atoms with Crippen LogP contribution < -0.4 is 10.6 Å². The minimum Gasteiger partial charge on any atom is -0.385 e. The molecule has 1 heterocycles. The first-order valence-electron chi connectivity index (χ1n) is 8.06. The number of nitrogens with one attached hydrogen (secondary N) is 2. The number of amides is 1. The molecular formula is C17H24ClFN2O2. The van der Waals surface area contributed by atoms with Gasteiger partial charge in [0.15, 0.2) is 0 Å². The Bertz CT molecular complexity index is 529. The Morgan fingerprint density at radius 1 is 1.52 bits per heavy atom. The number of hydrogen-bond acceptors (Lipinski definition) is 3. The Morgan fingerprint density at radius 2 is 2.30 bits per heavy atom. The van der Waals surface area contributed by atoms with Gasteiger partial charge in [0.05, 0.1) is 5.60 Å². The molecule has 128 valence electrons. The third kappa shape index (κ3) is 4.90. The minimum atomic E-state index is -1.16. The molecule has 0 aromatic heterocycles. The van der Waals surface area contributed by atoms with Gasteiger partial charge in [-0.05, 0) is 56.0 Å². The Balaban J connectivity index is 2.20. The van der Waals surface area contributed by atoms with Crippen LogP contribution in [0.15, 0.2) is 18.2 Å². The van der Waals surface area contributed by atoms with Crippen LogP contribution in [0.4, 0.5) is 4.39 Å². The van der Waals surface area contributed by atoms with Gasteiger partial charge in [0.2, 0.25) is 5.91 Å². The highest BCUT2D eigenvalue weighted by atomic mass is 35.5. The van der Waals surface area contributed by atoms with Crippen LogP contribution in [0.25, 0.3) is 0 Å². The number of carbonyl (C=O) groups excluding carboxylic acids is 1. The molecule has 0 bridgehead atoms. The molecule has 1 saturated heterocycles. The van der Waals surface area contributed by atoms with Gasteiger partial charge in [-0.2, -0.15) is 0 Å². The fraction of sp³-hybridized carbons (Fsp3) is 0.588. The van der Waals surface area contributed by atoms with Crippen LogP contribution in [0.2, 0.25) is 5.02 Å². The molecule has 0 spiro atoms. The topological polar surface area (TPSA) is 61.4 Å². The number of carbonyl (C=O) groups is 1.